The third kappa shape index (κ3) is 4.35. The monoisotopic (exact) mass is 557 g/mol. The maximum Gasteiger partial charge on any atom is 0.228 e. The summed E-state index contributed by atoms with van der Waals surface area (Å²) in [6.45, 7) is 2.00. The van der Waals surface area contributed by atoms with Gasteiger partial charge in [-0.2, -0.15) is 0 Å². The number of hydrogen-bond acceptors (Lipinski definition) is 8. The van der Waals surface area contributed by atoms with Gasteiger partial charge in [-0.1, -0.05) is 71.9 Å². The number of oxime groups is 1. The molecule has 0 aliphatic carbocycles. The topological polar surface area (TPSA) is 92.4 Å². The number of benzene rings is 4. The Morgan fingerprint density at radius 1 is 0.905 bits per heavy atom. The number of fused-ring (bicyclic) bond motifs is 6. The second kappa shape index (κ2) is 10.5. The van der Waals surface area contributed by atoms with Gasteiger partial charge in [-0.3, -0.25) is 0 Å². The van der Waals surface area contributed by atoms with E-state index in [9.17, 15) is 0 Å². The summed E-state index contributed by atoms with van der Waals surface area (Å²) in [6, 6.07) is 28.1. The number of hydrogen-bond donors (Lipinski definition) is 0. The van der Waals surface area contributed by atoms with E-state index in [1.54, 1.807) is 25.1 Å². The van der Waals surface area contributed by atoms with Gasteiger partial charge in [0.25, 0.3) is 0 Å². The van der Waals surface area contributed by atoms with Crippen LogP contribution in [-0.4, -0.2) is 39.5 Å². The minimum Gasteiger partial charge on any atom is -0.493 e. The molecule has 1 aliphatic rings. The third-order valence-electron chi connectivity index (χ3n) is 7.47. The summed E-state index contributed by atoms with van der Waals surface area (Å²) in [5.41, 5.74) is 5.18. The molecule has 0 fully saturated rings. The zero-order valence-electron chi connectivity index (χ0n) is 23.3. The van der Waals surface area contributed by atoms with Crippen molar-refractivity contribution in [3.8, 4) is 23.1 Å². The van der Waals surface area contributed by atoms with Crippen LogP contribution in [0.1, 0.15) is 40.9 Å². The third-order valence-corrected chi connectivity index (χ3v) is 7.47. The first-order chi connectivity index (χ1) is 20.6. The zero-order chi connectivity index (χ0) is 28.6. The molecule has 0 spiro atoms. The molecule has 3 heterocycles. The van der Waals surface area contributed by atoms with Gasteiger partial charge in [-0.25, -0.2) is 14.5 Å². The van der Waals surface area contributed by atoms with E-state index in [4.69, 9.17) is 24.0 Å². The Labute approximate surface area is 242 Å². The first-order valence-electron chi connectivity index (χ1n) is 13.5. The molecule has 208 valence electrons. The summed E-state index contributed by atoms with van der Waals surface area (Å²) in [7, 11) is 3.26. The van der Waals surface area contributed by atoms with E-state index >= 15 is 0 Å². The quantitative estimate of drug-likeness (QED) is 0.163. The van der Waals surface area contributed by atoms with Gasteiger partial charge < -0.3 is 19.0 Å². The van der Waals surface area contributed by atoms with E-state index in [-0.39, 0.29) is 12.5 Å². The SMILES string of the molecule is COc1ccc(C2c3c(ccc4ccccc34)Oc3ncn4nc(CO/N=C(\C)c5ccccc5)nc4c32)cc1OC. The van der Waals surface area contributed by atoms with Crippen LogP contribution >= 0.6 is 0 Å². The predicted molar refractivity (Wildman–Crippen MR) is 159 cm³/mol. The van der Waals surface area contributed by atoms with Crippen molar-refractivity contribution in [1.82, 2.24) is 19.6 Å². The van der Waals surface area contributed by atoms with Gasteiger partial charge in [-0.15, -0.1) is 5.10 Å². The summed E-state index contributed by atoms with van der Waals surface area (Å²) in [5, 5.41) is 11.1. The van der Waals surface area contributed by atoms with Crippen molar-refractivity contribution in [2.24, 2.45) is 5.16 Å². The maximum absolute atomic E-state index is 6.42. The molecule has 9 nitrogen and oxygen atoms in total. The summed E-state index contributed by atoms with van der Waals surface area (Å²) in [6.07, 6.45) is 1.61. The van der Waals surface area contributed by atoms with Crippen LogP contribution in [0.5, 0.6) is 23.1 Å². The molecule has 0 amide bonds. The van der Waals surface area contributed by atoms with Crippen LogP contribution in [0.3, 0.4) is 0 Å². The fourth-order valence-electron chi connectivity index (χ4n) is 5.49. The van der Waals surface area contributed by atoms with Gasteiger partial charge >= 0.3 is 0 Å². The largest absolute Gasteiger partial charge is 0.493 e. The van der Waals surface area contributed by atoms with Crippen molar-refractivity contribution in [2.75, 3.05) is 14.2 Å². The second-order valence-electron chi connectivity index (χ2n) is 9.92. The molecule has 1 aliphatic heterocycles. The lowest BCUT2D eigenvalue weighted by Crippen LogP contribution is -2.15. The van der Waals surface area contributed by atoms with Crippen LogP contribution in [0.4, 0.5) is 0 Å². The first-order valence-corrected chi connectivity index (χ1v) is 13.5. The van der Waals surface area contributed by atoms with Gasteiger partial charge in [0.15, 0.2) is 29.6 Å². The number of aromatic nitrogens is 4. The smallest absolute Gasteiger partial charge is 0.228 e. The second-order valence-corrected chi connectivity index (χ2v) is 9.92. The van der Waals surface area contributed by atoms with Crippen molar-refractivity contribution in [3.05, 3.63) is 119 Å². The van der Waals surface area contributed by atoms with Crippen LogP contribution in [0.25, 0.3) is 16.4 Å². The van der Waals surface area contributed by atoms with Gasteiger partial charge in [0.2, 0.25) is 5.88 Å². The molecule has 0 saturated heterocycles. The molecule has 0 N–H and O–H groups in total. The number of rotatable bonds is 7. The van der Waals surface area contributed by atoms with E-state index in [1.807, 2.05) is 73.7 Å². The van der Waals surface area contributed by atoms with Crippen molar-refractivity contribution >= 4 is 22.1 Å². The molecule has 0 radical (unpaired) electrons. The highest BCUT2D eigenvalue weighted by Crippen LogP contribution is 2.51. The molecule has 6 aromatic rings. The predicted octanol–water partition coefficient (Wildman–Crippen LogP) is 6.52. The van der Waals surface area contributed by atoms with Crippen molar-refractivity contribution in [3.63, 3.8) is 0 Å². The standard InChI is InChI=1S/C33H27N5O4/c1-20(21-9-5-4-6-10-21)37-41-18-28-35-32-31-29(23-14-15-25(39-2)27(17-23)40-3)30-24-12-8-7-11-22(24)13-16-26(30)42-33(31)34-19-38(32)36-28/h4-17,19,29H,18H2,1-3H3/b37-20+. The Bertz CT molecular complexity index is 1970. The van der Waals surface area contributed by atoms with Crippen LogP contribution in [0.15, 0.2) is 96.4 Å². The molecule has 9 heteroatoms. The highest BCUT2D eigenvalue weighted by Gasteiger charge is 2.35. The summed E-state index contributed by atoms with van der Waals surface area (Å²) in [4.78, 5) is 15.2. The first kappa shape index (κ1) is 25.5. The van der Waals surface area contributed by atoms with Crippen molar-refractivity contribution in [1.29, 1.82) is 0 Å². The number of ether oxygens (including phenoxy) is 3. The summed E-state index contributed by atoms with van der Waals surface area (Å²) >= 11 is 0. The molecule has 1 unspecified atom stereocenters. The van der Waals surface area contributed by atoms with Crippen LogP contribution in [0.2, 0.25) is 0 Å². The lowest BCUT2D eigenvalue weighted by molar-refractivity contribution is 0.125. The Morgan fingerprint density at radius 3 is 2.55 bits per heavy atom. The fourth-order valence-corrected chi connectivity index (χ4v) is 5.49. The number of methoxy groups -OCH3 is 2. The molecule has 4 aromatic carbocycles. The fraction of sp³-hybridized carbons (Fsp3) is 0.152. The minimum absolute atomic E-state index is 0.0992. The van der Waals surface area contributed by atoms with E-state index in [0.717, 1.165) is 44.5 Å². The molecule has 7 rings (SSSR count). The van der Waals surface area contributed by atoms with E-state index in [0.29, 0.717) is 28.9 Å². The minimum atomic E-state index is -0.276. The molecular weight excluding hydrogens is 530 g/mol. The van der Waals surface area contributed by atoms with E-state index < -0.39 is 0 Å². The highest BCUT2D eigenvalue weighted by molar-refractivity contribution is 5.98. The van der Waals surface area contributed by atoms with Crippen LogP contribution < -0.4 is 14.2 Å². The summed E-state index contributed by atoms with van der Waals surface area (Å²) < 4.78 is 19.3. The molecule has 2 aromatic heterocycles. The Morgan fingerprint density at radius 2 is 1.71 bits per heavy atom. The Balaban J connectivity index is 1.36. The number of nitrogens with zero attached hydrogens (tertiary/aromatic N) is 5. The van der Waals surface area contributed by atoms with Crippen molar-refractivity contribution in [2.45, 2.75) is 19.4 Å². The average molecular weight is 558 g/mol. The van der Waals surface area contributed by atoms with E-state index in [2.05, 4.69) is 33.4 Å². The average Bonchev–Trinajstić information content (AvgIpc) is 3.47. The van der Waals surface area contributed by atoms with Gasteiger partial charge in [-0.05, 0) is 47.0 Å². The Kier molecular flexibility index (Phi) is 6.39. The van der Waals surface area contributed by atoms with Gasteiger partial charge in [0.05, 0.1) is 25.5 Å². The molecule has 0 saturated carbocycles. The van der Waals surface area contributed by atoms with E-state index in [1.165, 1.54) is 0 Å². The highest BCUT2D eigenvalue weighted by atomic mass is 16.6. The maximum atomic E-state index is 6.42. The summed E-state index contributed by atoms with van der Waals surface area (Å²) in [5.74, 6) is 2.70. The molecule has 1 atom stereocenters. The normalized spacial score (nSPS) is 14.3. The van der Waals surface area contributed by atoms with Crippen molar-refractivity contribution < 1.29 is 19.0 Å². The zero-order valence-corrected chi connectivity index (χ0v) is 23.3. The van der Waals surface area contributed by atoms with Gasteiger partial charge in [0, 0.05) is 11.5 Å². The lowest BCUT2D eigenvalue weighted by atomic mass is 9.81. The molecule has 42 heavy (non-hydrogen) atoms. The van der Waals surface area contributed by atoms with Crippen LogP contribution in [-0.2, 0) is 11.4 Å². The molecule has 0 bridgehead atoms. The van der Waals surface area contributed by atoms with Crippen LogP contribution in [0, 0.1) is 0 Å². The lowest BCUT2D eigenvalue weighted by Gasteiger charge is -2.29. The molecular formula is C33H27N5O4. The Hall–Kier alpha value is -5.44. The van der Waals surface area contributed by atoms with Gasteiger partial charge in [0.1, 0.15) is 12.1 Å².